The molecule has 1 N–H and O–H groups in total. The molecule has 0 fully saturated rings. The van der Waals surface area contributed by atoms with Crippen LogP contribution in [0.15, 0.2) is 18.2 Å². The van der Waals surface area contributed by atoms with Crippen molar-refractivity contribution >= 4 is 10.8 Å². The lowest BCUT2D eigenvalue weighted by Gasteiger charge is -2.14. The molecule has 2 nitrogen and oxygen atoms in total. The summed E-state index contributed by atoms with van der Waals surface area (Å²) in [6.07, 6.45) is 2.58. The third-order valence-electron chi connectivity index (χ3n) is 2.75. The number of nitrogens with one attached hydrogen (secondary N) is 1. The highest BCUT2D eigenvalue weighted by Gasteiger charge is 2.06. The van der Waals surface area contributed by atoms with Gasteiger partial charge in [-0.05, 0) is 44.0 Å². The zero-order chi connectivity index (χ0) is 12.8. The molecule has 1 aromatic rings. The Kier molecular flexibility index (Phi) is 5.78. The lowest BCUT2D eigenvalue weighted by Crippen LogP contribution is -2.21. The maximum absolute atomic E-state index is 13.4. The van der Waals surface area contributed by atoms with Crippen molar-refractivity contribution in [1.82, 2.24) is 5.32 Å². The minimum Gasteiger partial charge on any atom is -0.310 e. The van der Waals surface area contributed by atoms with Gasteiger partial charge in [-0.1, -0.05) is 12.1 Å². The molecule has 96 valence electrons. The van der Waals surface area contributed by atoms with Crippen LogP contribution in [-0.4, -0.2) is 22.8 Å². The van der Waals surface area contributed by atoms with Crippen LogP contribution in [0.1, 0.15) is 30.5 Å². The van der Waals surface area contributed by atoms with E-state index in [1.807, 2.05) is 13.0 Å². The average Bonchev–Trinajstić information content (AvgIpc) is 2.27. The predicted molar refractivity (Wildman–Crippen MR) is 71.1 cm³/mol. The van der Waals surface area contributed by atoms with Gasteiger partial charge < -0.3 is 5.32 Å². The van der Waals surface area contributed by atoms with Gasteiger partial charge in [-0.3, -0.25) is 4.21 Å². The van der Waals surface area contributed by atoms with Crippen LogP contribution in [0.3, 0.4) is 0 Å². The first-order valence-corrected chi connectivity index (χ1v) is 7.53. The quantitative estimate of drug-likeness (QED) is 0.794. The number of hydrogen-bond acceptors (Lipinski definition) is 2. The third-order valence-corrected chi connectivity index (χ3v) is 3.62. The summed E-state index contributed by atoms with van der Waals surface area (Å²) in [6, 6.07) is 5.43. The molecule has 0 bridgehead atoms. The first kappa shape index (κ1) is 14.3. The minimum atomic E-state index is -0.732. The Labute approximate surface area is 105 Å². The summed E-state index contributed by atoms with van der Waals surface area (Å²) in [6.45, 7) is 4.57. The molecule has 2 unspecified atom stereocenters. The second-order valence-corrected chi connectivity index (χ2v) is 5.87. The Bertz CT molecular complexity index is 395. The summed E-state index contributed by atoms with van der Waals surface area (Å²) in [5, 5.41) is 3.30. The molecular weight excluding hydrogens is 237 g/mol. The number of benzene rings is 1. The number of rotatable bonds is 6. The fourth-order valence-electron chi connectivity index (χ4n) is 1.59. The van der Waals surface area contributed by atoms with Crippen molar-refractivity contribution in [3.05, 3.63) is 35.1 Å². The van der Waals surface area contributed by atoms with Crippen molar-refractivity contribution in [1.29, 1.82) is 0 Å². The van der Waals surface area contributed by atoms with Gasteiger partial charge in [0.15, 0.2) is 0 Å². The van der Waals surface area contributed by atoms with Crippen LogP contribution >= 0.6 is 0 Å². The molecule has 0 heterocycles. The summed E-state index contributed by atoms with van der Waals surface area (Å²) in [7, 11) is -0.732. The maximum Gasteiger partial charge on any atom is 0.126 e. The van der Waals surface area contributed by atoms with Gasteiger partial charge in [-0.2, -0.15) is 0 Å². The fraction of sp³-hybridized carbons (Fsp3) is 0.538. The molecule has 0 saturated heterocycles. The van der Waals surface area contributed by atoms with Crippen LogP contribution in [0, 0.1) is 12.7 Å². The van der Waals surface area contributed by atoms with Gasteiger partial charge in [-0.25, -0.2) is 4.39 Å². The van der Waals surface area contributed by atoms with Gasteiger partial charge in [0.05, 0.1) is 0 Å². The van der Waals surface area contributed by atoms with Crippen molar-refractivity contribution in [3.8, 4) is 0 Å². The van der Waals surface area contributed by atoms with Gasteiger partial charge in [0.25, 0.3) is 0 Å². The molecule has 0 aliphatic carbocycles. The summed E-state index contributed by atoms with van der Waals surface area (Å²) in [5.74, 6) is 0.549. The molecule has 0 aliphatic heterocycles. The highest BCUT2D eigenvalue weighted by Crippen LogP contribution is 2.16. The highest BCUT2D eigenvalue weighted by molar-refractivity contribution is 7.84. The number of halogens is 1. The lowest BCUT2D eigenvalue weighted by atomic mass is 10.1. The van der Waals surface area contributed by atoms with Crippen LogP contribution in [0.4, 0.5) is 4.39 Å². The van der Waals surface area contributed by atoms with Crippen molar-refractivity contribution in [2.24, 2.45) is 0 Å². The van der Waals surface area contributed by atoms with E-state index in [-0.39, 0.29) is 11.9 Å². The van der Waals surface area contributed by atoms with E-state index in [9.17, 15) is 8.60 Å². The second kappa shape index (κ2) is 6.87. The summed E-state index contributed by atoms with van der Waals surface area (Å²) in [4.78, 5) is 0. The molecule has 0 saturated carbocycles. The normalized spacial score (nSPS) is 14.6. The van der Waals surface area contributed by atoms with Crippen molar-refractivity contribution in [2.75, 3.05) is 18.6 Å². The lowest BCUT2D eigenvalue weighted by molar-refractivity contribution is 0.560. The molecule has 0 amide bonds. The van der Waals surface area contributed by atoms with Crippen molar-refractivity contribution < 1.29 is 8.60 Å². The Morgan fingerprint density at radius 3 is 2.76 bits per heavy atom. The van der Waals surface area contributed by atoms with E-state index in [0.717, 1.165) is 18.5 Å². The molecule has 0 radical (unpaired) electrons. The molecule has 0 aliphatic rings. The molecule has 0 aromatic heterocycles. The van der Waals surface area contributed by atoms with Gasteiger partial charge >= 0.3 is 0 Å². The van der Waals surface area contributed by atoms with Crippen LogP contribution in [0.2, 0.25) is 0 Å². The van der Waals surface area contributed by atoms with E-state index in [1.54, 1.807) is 25.3 Å². The van der Waals surface area contributed by atoms with E-state index in [4.69, 9.17) is 0 Å². The van der Waals surface area contributed by atoms with Gasteiger partial charge in [0.1, 0.15) is 5.82 Å². The standard InChI is InChI=1S/C13H20FNOS/c1-10-5-6-12(9-13(10)14)11(2)15-7-4-8-17(3)16/h5-6,9,11,15H,4,7-8H2,1-3H3. The van der Waals surface area contributed by atoms with Crippen LogP contribution in [-0.2, 0) is 10.8 Å². The molecule has 17 heavy (non-hydrogen) atoms. The van der Waals surface area contributed by atoms with E-state index in [2.05, 4.69) is 5.32 Å². The molecule has 1 rings (SSSR count). The first-order chi connectivity index (χ1) is 8.00. The Morgan fingerprint density at radius 1 is 1.47 bits per heavy atom. The van der Waals surface area contributed by atoms with Crippen LogP contribution in [0.25, 0.3) is 0 Å². The fourth-order valence-corrected chi connectivity index (χ4v) is 2.14. The minimum absolute atomic E-state index is 0.121. The van der Waals surface area contributed by atoms with E-state index >= 15 is 0 Å². The van der Waals surface area contributed by atoms with Gasteiger partial charge in [0, 0.05) is 28.9 Å². The van der Waals surface area contributed by atoms with Gasteiger partial charge in [0.2, 0.25) is 0 Å². The third kappa shape index (κ3) is 4.96. The Hall–Kier alpha value is -0.740. The maximum atomic E-state index is 13.4. The second-order valence-electron chi connectivity index (χ2n) is 4.32. The van der Waals surface area contributed by atoms with Gasteiger partial charge in [-0.15, -0.1) is 0 Å². The zero-order valence-corrected chi connectivity index (χ0v) is 11.4. The smallest absolute Gasteiger partial charge is 0.126 e. The summed E-state index contributed by atoms with van der Waals surface area (Å²) < 4.78 is 24.2. The van der Waals surface area contributed by atoms with E-state index in [1.165, 1.54) is 0 Å². The highest BCUT2D eigenvalue weighted by atomic mass is 32.2. The average molecular weight is 257 g/mol. The molecule has 0 spiro atoms. The van der Waals surface area contributed by atoms with E-state index < -0.39 is 10.8 Å². The van der Waals surface area contributed by atoms with Crippen molar-refractivity contribution in [3.63, 3.8) is 0 Å². The number of aryl methyl sites for hydroxylation is 1. The van der Waals surface area contributed by atoms with Crippen molar-refractivity contribution in [2.45, 2.75) is 26.3 Å². The monoisotopic (exact) mass is 257 g/mol. The Morgan fingerprint density at radius 2 is 2.18 bits per heavy atom. The number of hydrogen-bond donors (Lipinski definition) is 1. The molecule has 1 aromatic carbocycles. The SMILES string of the molecule is Cc1ccc(C(C)NCCCS(C)=O)cc1F. The first-order valence-electron chi connectivity index (χ1n) is 5.80. The van der Waals surface area contributed by atoms with Crippen LogP contribution in [0.5, 0.6) is 0 Å². The summed E-state index contributed by atoms with van der Waals surface area (Å²) >= 11 is 0. The molecule has 2 atom stereocenters. The summed E-state index contributed by atoms with van der Waals surface area (Å²) in [5.41, 5.74) is 1.62. The zero-order valence-electron chi connectivity index (χ0n) is 10.6. The van der Waals surface area contributed by atoms with Crippen LogP contribution < -0.4 is 5.32 Å². The molecule has 4 heteroatoms. The predicted octanol–water partition coefficient (Wildman–Crippen LogP) is 2.55. The van der Waals surface area contributed by atoms with E-state index in [0.29, 0.717) is 11.3 Å². The Balaban J connectivity index is 2.44. The largest absolute Gasteiger partial charge is 0.310 e. The molecular formula is C13H20FNOS. The topological polar surface area (TPSA) is 29.1 Å².